The summed E-state index contributed by atoms with van der Waals surface area (Å²) >= 11 is 0. The molecule has 1 saturated carbocycles. The van der Waals surface area contributed by atoms with Crippen LogP contribution < -0.4 is 15.4 Å². The van der Waals surface area contributed by atoms with Crippen molar-refractivity contribution in [3.8, 4) is 5.75 Å². The van der Waals surface area contributed by atoms with Crippen LogP contribution in [0.5, 0.6) is 5.75 Å². The van der Waals surface area contributed by atoms with Crippen LogP contribution in [-0.2, 0) is 9.59 Å². The Labute approximate surface area is 152 Å². The smallest absolute Gasteiger partial charge is 0.325 e. The number of fused-ring (bicyclic) bond motifs is 1. The molecule has 1 saturated heterocycles. The highest BCUT2D eigenvalue weighted by atomic mass is 16.5. The Hall–Kier alpha value is -2.57. The maximum absolute atomic E-state index is 12.8. The summed E-state index contributed by atoms with van der Waals surface area (Å²) in [5.41, 5.74) is 0.133. The van der Waals surface area contributed by atoms with Gasteiger partial charge in [-0.1, -0.05) is 37.5 Å². The Balaban J connectivity index is 1.43. The number of benzene rings is 1. The number of para-hydroxylation sites is 1. The SMILES string of the molecule is O=C(CN1C(=O)NC2(CCCCC2)C1=O)N[C@H]1CCOc2ccccc21. The molecule has 2 heterocycles. The molecule has 2 N–H and O–H groups in total. The topological polar surface area (TPSA) is 87.7 Å². The van der Waals surface area contributed by atoms with Crippen molar-refractivity contribution in [1.29, 1.82) is 0 Å². The molecule has 3 aliphatic rings. The first kappa shape index (κ1) is 16.9. The molecule has 0 aromatic heterocycles. The number of nitrogens with one attached hydrogen (secondary N) is 2. The van der Waals surface area contributed by atoms with Crippen molar-refractivity contribution in [3.63, 3.8) is 0 Å². The van der Waals surface area contributed by atoms with E-state index in [1.807, 2.05) is 24.3 Å². The highest BCUT2D eigenvalue weighted by Crippen LogP contribution is 2.34. The van der Waals surface area contributed by atoms with Crippen LogP contribution in [-0.4, -0.2) is 41.4 Å². The van der Waals surface area contributed by atoms with Crippen LogP contribution in [0.3, 0.4) is 0 Å². The average molecular weight is 357 g/mol. The summed E-state index contributed by atoms with van der Waals surface area (Å²) in [7, 11) is 0. The summed E-state index contributed by atoms with van der Waals surface area (Å²) in [4.78, 5) is 38.6. The van der Waals surface area contributed by atoms with E-state index in [4.69, 9.17) is 4.74 Å². The third kappa shape index (κ3) is 2.91. The van der Waals surface area contributed by atoms with Gasteiger partial charge in [0.05, 0.1) is 12.6 Å². The molecule has 7 nitrogen and oxygen atoms in total. The standard InChI is InChI=1S/C19H23N3O4/c23-16(20-14-8-11-26-15-7-3-2-6-13(14)15)12-22-17(24)19(21-18(22)25)9-4-1-5-10-19/h2-3,6-7,14H,1,4-5,8-12H2,(H,20,23)(H,21,25)/t14-/m0/s1. The predicted octanol–water partition coefficient (Wildman–Crippen LogP) is 1.88. The number of carbonyl (C=O) groups is 3. The van der Waals surface area contributed by atoms with Gasteiger partial charge in [0, 0.05) is 12.0 Å². The highest BCUT2D eigenvalue weighted by Gasteiger charge is 2.51. The van der Waals surface area contributed by atoms with E-state index in [2.05, 4.69) is 10.6 Å². The fraction of sp³-hybridized carbons (Fsp3) is 0.526. The average Bonchev–Trinajstić information content (AvgIpc) is 2.87. The van der Waals surface area contributed by atoms with E-state index in [1.54, 1.807) is 0 Å². The zero-order valence-corrected chi connectivity index (χ0v) is 14.6. The van der Waals surface area contributed by atoms with Gasteiger partial charge in [-0.3, -0.25) is 14.5 Å². The van der Waals surface area contributed by atoms with Gasteiger partial charge in [0.15, 0.2) is 0 Å². The molecule has 26 heavy (non-hydrogen) atoms. The van der Waals surface area contributed by atoms with Gasteiger partial charge < -0.3 is 15.4 Å². The van der Waals surface area contributed by atoms with Crippen LogP contribution in [0.15, 0.2) is 24.3 Å². The number of amides is 4. The number of rotatable bonds is 3. The third-order valence-corrected chi connectivity index (χ3v) is 5.55. The first-order valence-electron chi connectivity index (χ1n) is 9.24. The van der Waals surface area contributed by atoms with Crippen molar-refractivity contribution >= 4 is 17.8 Å². The number of hydrogen-bond donors (Lipinski definition) is 2. The molecular weight excluding hydrogens is 334 g/mol. The fourth-order valence-electron chi connectivity index (χ4n) is 4.19. The fourth-order valence-corrected chi connectivity index (χ4v) is 4.19. The maximum atomic E-state index is 12.8. The lowest BCUT2D eigenvalue weighted by molar-refractivity contribution is -0.136. The Morgan fingerprint density at radius 3 is 2.81 bits per heavy atom. The second kappa shape index (κ2) is 6.63. The van der Waals surface area contributed by atoms with Crippen LogP contribution in [0.4, 0.5) is 4.79 Å². The molecule has 7 heteroatoms. The largest absolute Gasteiger partial charge is 0.493 e. The zero-order valence-electron chi connectivity index (χ0n) is 14.6. The minimum Gasteiger partial charge on any atom is -0.493 e. The molecule has 2 fully saturated rings. The molecular formula is C19H23N3O4. The normalized spacial score (nSPS) is 24.0. The minimum atomic E-state index is -0.791. The molecule has 4 rings (SSSR count). The number of hydrogen-bond acceptors (Lipinski definition) is 4. The lowest BCUT2D eigenvalue weighted by Gasteiger charge is -2.30. The monoisotopic (exact) mass is 357 g/mol. The van der Waals surface area contributed by atoms with E-state index in [9.17, 15) is 14.4 Å². The molecule has 2 aliphatic heterocycles. The summed E-state index contributed by atoms with van der Waals surface area (Å²) in [6.45, 7) is 0.278. The molecule has 0 unspecified atom stereocenters. The lowest BCUT2D eigenvalue weighted by atomic mass is 9.82. The van der Waals surface area contributed by atoms with Gasteiger partial charge in [0.25, 0.3) is 5.91 Å². The quantitative estimate of drug-likeness (QED) is 0.809. The van der Waals surface area contributed by atoms with Crippen molar-refractivity contribution < 1.29 is 19.1 Å². The van der Waals surface area contributed by atoms with Gasteiger partial charge in [0.2, 0.25) is 5.91 Å². The Morgan fingerprint density at radius 2 is 2.00 bits per heavy atom. The van der Waals surface area contributed by atoms with Crippen LogP contribution in [0.2, 0.25) is 0 Å². The predicted molar refractivity (Wildman–Crippen MR) is 93.5 cm³/mol. The summed E-state index contributed by atoms with van der Waals surface area (Å²) in [5, 5.41) is 5.77. The van der Waals surface area contributed by atoms with Gasteiger partial charge in [-0.2, -0.15) is 0 Å². The maximum Gasteiger partial charge on any atom is 0.325 e. The number of urea groups is 1. The number of nitrogens with zero attached hydrogens (tertiary/aromatic N) is 1. The highest BCUT2D eigenvalue weighted by molar-refractivity contribution is 6.09. The van der Waals surface area contributed by atoms with Gasteiger partial charge in [0.1, 0.15) is 17.8 Å². The molecule has 138 valence electrons. The Morgan fingerprint density at radius 1 is 1.23 bits per heavy atom. The van der Waals surface area contributed by atoms with Crippen LogP contribution in [0.1, 0.15) is 50.1 Å². The molecule has 1 aliphatic carbocycles. The van der Waals surface area contributed by atoms with E-state index in [0.717, 1.165) is 35.5 Å². The van der Waals surface area contributed by atoms with E-state index in [0.29, 0.717) is 25.9 Å². The van der Waals surface area contributed by atoms with E-state index in [-0.39, 0.29) is 24.4 Å². The van der Waals surface area contributed by atoms with E-state index < -0.39 is 11.6 Å². The molecule has 1 spiro atoms. The van der Waals surface area contributed by atoms with Crippen molar-refractivity contribution in [2.45, 2.75) is 50.1 Å². The Bertz CT molecular complexity index is 742. The van der Waals surface area contributed by atoms with Crippen molar-refractivity contribution in [2.24, 2.45) is 0 Å². The van der Waals surface area contributed by atoms with E-state index >= 15 is 0 Å². The summed E-state index contributed by atoms with van der Waals surface area (Å²) in [5.74, 6) is 0.174. The molecule has 0 bridgehead atoms. The van der Waals surface area contributed by atoms with Crippen LogP contribution in [0.25, 0.3) is 0 Å². The second-order valence-corrected chi connectivity index (χ2v) is 7.26. The van der Waals surface area contributed by atoms with Crippen molar-refractivity contribution in [2.75, 3.05) is 13.2 Å². The van der Waals surface area contributed by atoms with Crippen molar-refractivity contribution in [1.82, 2.24) is 15.5 Å². The third-order valence-electron chi connectivity index (χ3n) is 5.55. The van der Waals surface area contributed by atoms with Gasteiger partial charge >= 0.3 is 6.03 Å². The molecule has 0 radical (unpaired) electrons. The van der Waals surface area contributed by atoms with Gasteiger partial charge in [-0.25, -0.2) is 4.79 Å². The number of carbonyl (C=O) groups excluding carboxylic acids is 3. The van der Waals surface area contributed by atoms with Gasteiger partial charge in [-0.15, -0.1) is 0 Å². The van der Waals surface area contributed by atoms with Crippen LogP contribution >= 0.6 is 0 Å². The molecule has 1 aromatic carbocycles. The van der Waals surface area contributed by atoms with Crippen LogP contribution in [0, 0.1) is 0 Å². The van der Waals surface area contributed by atoms with Crippen molar-refractivity contribution in [3.05, 3.63) is 29.8 Å². The summed E-state index contributed by atoms with van der Waals surface area (Å²) in [6.07, 6.45) is 4.89. The summed E-state index contributed by atoms with van der Waals surface area (Å²) in [6, 6.07) is 6.95. The first-order valence-corrected chi connectivity index (χ1v) is 9.24. The second-order valence-electron chi connectivity index (χ2n) is 7.26. The first-order chi connectivity index (χ1) is 12.6. The summed E-state index contributed by atoms with van der Waals surface area (Å²) < 4.78 is 5.60. The molecule has 1 atom stereocenters. The van der Waals surface area contributed by atoms with Gasteiger partial charge in [-0.05, 0) is 18.9 Å². The number of imide groups is 1. The number of ether oxygens (including phenoxy) is 1. The molecule has 1 aromatic rings. The minimum absolute atomic E-state index is 0.170. The lowest BCUT2D eigenvalue weighted by Crippen LogP contribution is -2.49. The zero-order chi connectivity index (χ0) is 18.1. The van der Waals surface area contributed by atoms with E-state index in [1.165, 1.54) is 0 Å². The molecule has 4 amide bonds. The Kier molecular flexibility index (Phi) is 4.30.